The van der Waals surface area contributed by atoms with Crippen LogP contribution in [0.5, 0.6) is 0 Å². The van der Waals surface area contributed by atoms with Crippen molar-refractivity contribution in [3.8, 4) is 0 Å². The Hall–Kier alpha value is -2.16. The second-order valence-electron chi connectivity index (χ2n) is 7.36. The number of anilines is 1. The van der Waals surface area contributed by atoms with E-state index in [9.17, 15) is 9.59 Å². The molecule has 1 aromatic carbocycles. The Kier molecular flexibility index (Phi) is 6.88. The van der Waals surface area contributed by atoms with Gasteiger partial charge in [-0.2, -0.15) is 0 Å². The Morgan fingerprint density at radius 3 is 2.61 bits per heavy atom. The molecule has 0 aromatic heterocycles. The van der Waals surface area contributed by atoms with Crippen LogP contribution in [-0.2, 0) is 14.3 Å². The summed E-state index contributed by atoms with van der Waals surface area (Å²) in [6.07, 6.45) is 1.45. The van der Waals surface area contributed by atoms with Gasteiger partial charge in [-0.1, -0.05) is 26.0 Å². The third-order valence-corrected chi connectivity index (χ3v) is 5.35. The van der Waals surface area contributed by atoms with Crippen molar-refractivity contribution in [2.45, 2.75) is 19.8 Å². The molecule has 2 heterocycles. The second kappa shape index (κ2) is 9.36. The number of rotatable bonds is 6. The van der Waals surface area contributed by atoms with E-state index in [1.807, 2.05) is 24.3 Å². The molecular formula is C20H27N4O3S+. The number of carbonyl (C=O) groups is 2. The van der Waals surface area contributed by atoms with Crippen molar-refractivity contribution in [1.82, 2.24) is 5.32 Å². The Morgan fingerprint density at radius 2 is 1.96 bits per heavy atom. The summed E-state index contributed by atoms with van der Waals surface area (Å²) in [5.74, 6) is -1.36. The molecule has 3 rings (SSSR count). The van der Waals surface area contributed by atoms with Gasteiger partial charge in [0.15, 0.2) is 11.0 Å². The summed E-state index contributed by atoms with van der Waals surface area (Å²) in [6.45, 7) is 9.11. The first-order chi connectivity index (χ1) is 13.5. The molecule has 0 bridgehead atoms. The lowest BCUT2D eigenvalue weighted by Crippen LogP contribution is -3.14. The predicted octanol–water partition coefficient (Wildman–Crippen LogP) is 0.160. The van der Waals surface area contributed by atoms with E-state index in [2.05, 4.69) is 24.2 Å². The lowest BCUT2D eigenvalue weighted by atomic mass is 10.0. The average Bonchev–Trinajstić information content (AvgIpc) is 2.68. The maximum absolute atomic E-state index is 12.9. The number of thiocarbonyl (C=S) groups is 1. The van der Waals surface area contributed by atoms with Gasteiger partial charge < -0.3 is 15.0 Å². The average molecular weight is 404 g/mol. The number of carbonyl (C=O) groups excluding carboxylic acids is 2. The molecule has 0 radical (unpaired) electrons. The zero-order chi connectivity index (χ0) is 20.1. The molecule has 0 saturated carbocycles. The minimum atomic E-state index is -0.962. The first-order valence-electron chi connectivity index (χ1n) is 9.67. The van der Waals surface area contributed by atoms with Gasteiger partial charge in [-0.05, 0) is 35.8 Å². The number of quaternary nitrogens is 1. The Labute approximate surface area is 170 Å². The van der Waals surface area contributed by atoms with Crippen LogP contribution in [0.2, 0.25) is 0 Å². The third kappa shape index (κ3) is 4.81. The number of hydrogen-bond donors (Lipinski definition) is 2. The summed E-state index contributed by atoms with van der Waals surface area (Å²) < 4.78 is 5.34. The molecule has 0 spiro atoms. The molecule has 0 aliphatic carbocycles. The van der Waals surface area contributed by atoms with Crippen molar-refractivity contribution < 1.29 is 19.2 Å². The number of nitrogens with zero attached hydrogens (tertiary/aromatic N) is 2. The van der Waals surface area contributed by atoms with Gasteiger partial charge in [0, 0.05) is 6.21 Å². The number of morpholine rings is 1. The Bertz CT molecular complexity index is 757. The molecule has 2 amide bonds. The molecule has 2 aliphatic rings. The highest BCUT2D eigenvalue weighted by atomic mass is 32.1. The van der Waals surface area contributed by atoms with E-state index in [1.54, 1.807) is 0 Å². The highest BCUT2D eigenvalue weighted by Gasteiger charge is 2.38. The highest BCUT2D eigenvalue weighted by Crippen LogP contribution is 2.23. The summed E-state index contributed by atoms with van der Waals surface area (Å²) in [7, 11) is 0. The minimum Gasteiger partial charge on any atom is -0.370 e. The normalized spacial score (nSPS) is 21.6. The van der Waals surface area contributed by atoms with Crippen molar-refractivity contribution in [3.63, 3.8) is 0 Å². The van der Waals surface area contributed by atoms with Gasteiger partial charge in [0.2, 0.25) is 5.91 Å². The molecular weight excluding hydrogens is 376 g/mol. The number of benzene rings is 1. The second-order valence-corrected chi connectivity index (χ2v) is 7.75. The van der Waals surface area contributed by atoms with Gasteiger partial charge >= 0.3 is 0 Å². The van der Waals surface area contributed by atoms with Crippen molar-refractivity contribution in [2.75, 3.05) is 44.3 Å². The molecule has 150 valence electrons. The Morgan fingerprint density at radius 1 is 1.29 bits per heavy atom. The fraction of sp³-hybridized carbons (Fsp3) is 0.500. The lowest BCUT2D eigenvalue weighted by molar-refractivity contribution is -0.906. The number of nitrogens with one attached hydrogen (secondary N) is 2. The van der Waals surface area contributed by atoms with Crippen LogP contribution in [0.3, 0.4) is 0 Å². The fourth-order valence-electron chi connectivity index (χ4n) is 3.29. The molecule has 7 nitrogen and oxygen atoms in total. The van der Waals surface area contributed by atoms with Crippen LogP contribution in [-0.4, -0.2) is 62.5 Å². The van der Waals surface area contributed by atoms with Gasteiger partial charge in [-0.15, -0.1) is 0 Å². The molecule has 8 heteroatoms. The van der Waals surface area contributed by atoms with Gasteiger partial charge in [-0.25, -0.2) is 0 Å². The number of amides is 2. The quantitative estimate of drug-likeness (QED) is 0.403. The first-order valence-corrected chi connectivity index (χ1v) is 10.1. The van der Waals surface area contributed by atoms with Crippen molar-refractivity contribution in [3.05, 3.63) is 29.8 Å². The van der Waals surface area contributed by atoms with Crippen LogP contribution < -0.4 is 15.1 Å². The monoisotopic (exact) mass is 403 g/mol. The van der Waals surface area contributed by atoms with Crippen LogP contribution in [0.1, 0.15) is 25.3 Å². The molecule has 28 heavy (non-hydrogen) atoms. The highest BCUT2D eigenvalue weighted by molar-refractivity contribution is 7.80. The number of aliphatic imine (C=N–C) groups is 1. The SMILES string of the molecule is CC(C)c1ccc(N2C(=O)[C@@H](C=NCC[NH+]3CCOCC3)C(=O)NC2=S)cc1. The van der Waals surface area contributed by atoms with Crippen LogP contribution in [0, 0.1) is 5.92 Å². The molecule has 2 fully saturated rings. The number of ether oxygens (including phenoxy) is 1. The van der Waals surface area contributed by atoms with Crippen LogP contribution in [0.15, 0.2) is 29.3 Å². The molecule has 0 unspecified atom stereocenters. The molecule has 2 saturated heterocycles. The fourth-order valence-corrected chi connectivity index (χ4v) is 3.58. The number of hydrogen-bond acceptors (Lipinski definition) is 5. The van der Waals surface area contributed by atoms with Crippen molar-refractivity contribution >= 4 is 41.0 Å². The molecule has 1 atom stereocenters. The zero-order valence-corrected chi connectivity index (χ0v) is 17.1. The van der Waals surface area contributed by atoms with E-state index in [1.165, 1.54) is 21.6 Å². The predicted molar refractivity (Wildman–Crippen MR) is 112 cm³/mol. The van der Waals surface area contributed by atoms with Gasteiger partial charge in [0.05, 0.1) is 32.0 Å². The van der Waals surface area contributed by atoms with Gasteiger partial charge in [0.1, 0.15) is 13.1 Å². The van der Waals surface area contributed by atoms with E-state index in [0.717, 1.165) is 32.8 Å². The van der Waals surface area contributed by atoms with E-state index < -0.39 is 11.8 Å². The summed E-state index contributed by atoms with van der Waals surface area (Å²) in [6, 6.07) is 7.65. The molecule has 1 aromatic rings. The molecule has 2 N–H and O–H groups in total. The maximum atomic E-state index is 12.9. The largest absolute Gasteiger partial charge is 0.370 e. The summed E-state index contributed by atoms with van der Waals surface area (Å²) in [5.41, 5.74) is 1.82. The van der Waals surface area contributed by atoms with Crippen LogP contribution in [0.4, 0.5) is 5.69 Å². The minimum absolute atomic E-state index is 0.106. The maximum Gasteiger partial charge on any atom is 0.251 e. The standard InChI is InChI=1S/C20H26N4O3S/c1-14(2)15-3-5-16(6-4-15)24-19(26)17(18(25)22-20(24)28)13-21-7-8-23-9-11-27-12-10-23/h3-6,13-14,17H,7-12H2,1-2H3,(H,22,25,28)/p+1/t17-/m0/s1. The van der Waals surface area contributed by atoms with Crippen molar-refractivity contribution in [2.24, 2.45) is 10.9 Å². The van der Waals surface area contributed by atoms with E-state index in [4.69, 9.17) is 17.0 Å². The van der Waals surface area contributed by atoms with E-state index >= 15 is 0 Å². The van der Waals surface area contributed by atoms with E-state index in [0.29, 0.717) is 18.2 Å². The van der Waals surface area contributed by atoms with Crippen molar-refractivity contribution in [1.29, 1.82) is 0 Å². The van der Waals surface area contributed by atoms with Gasteiger partial charge in [-0.3, -0.25) is 19.5 Å². The topological polar surface area (TPSA) is 75.4 Å². The summed E-state index contributed by atoms with van der Waals surface area (Å²) >= 11 is 5.23. The first kappa shape index (κ1) is 20.6. The van der Waals surface area contributed by atoms with Gasteiger partial charge in [0.25, 0.3) is 5.91 Å². The smallest absolute Gasteiger partial charge is 0.251 e. The van der Waals surface area contributed by atoms with Crippen LogP contribution in [0.25, 0.3) is 0 Å². The lowest BCUT2D eigenvalue weighted by Gasteiger charge is -2.31. The summed E-state index contributed by atoms with van der Waals surface area (Å²) in [5, 5.41) is 2.73. The van der Waals surface area contributed by atoms with Crippen LogP contribution >= 0.6 is 12.2 Å². The summed E-state index contributed by atoms with van der Waals surface area (Å²) in [4.78, 5) is 32.3. The molecule has 2 aliphatic heterocycles. The Balaban J connectivity index is 1.66. The van der Waals surface area contributed by atoms with E-state index in [-0.39, 0.29) is 11.0 Å². The third-order valence-electron chi connectivity index (χ3n) is 5.07. The zero-order valence-electron chi connectivity index (χ0n) is 16.3.